The summed E-state index contributed by atoms with van der Waals surface area (Å²) >= 11 is 0. The molecule has 3 rings (SSSR count). The quantitative estimate of drug-likeness (QED) is 0.303. The predicted molar refractivity (Wildman–Crippen MR) is 110 cm³/mol. The number of carbonyl (C=O) groups excluding carboxylic acids is 2. The predicted octanol–water partition coefficient (Wildman–Crippen LogP) is 4.21. The summed E-state index contributed by atoms with van der Waals surface area (Å²) < 4.78 is 33.8. The van der Waals surface area contributed by atoms with Crippen molar-refractivity contribution in [2.24, 2.45) is 0 Å². The molecule has 3 aromatic rings. The molecule has 31 heavy (non-hydrogen) atoms. The van der Waals surface area contributed by atoms with Gasteiger partial charge in [-0.1, -0.05) is 6.07 Å². The van der Waals surface area contributed by atoms with Gasteiger partial charge in [0, 0.05) is 18.1 Å². The van der Waals surface area contributed by atoms with E-state index in [-0.39, 0.29) is 24.4 Å². The van der Waals surface area contributed by atoms with Crippen LogP contribution in [-0.4, -0.2) is 31.1 Å². The molecule has 0 radical (unpaired) electrons. The SMILES string of the molecule is COC(=O)C=Cc1ccc(OC(=O)CCc2ncc(-c3ccc(F)cc3)o2)c(OC)c1. The van der Waals surface area contributed by atoms with Crippen LogP contribution in [-0.2, 0) is 20.7 Å². The monoisotopic (exact) mass is 425 g/mol. The number of aryl methyl sites for hydroxylation is 1. The van der Waals surface area contributed by atoms with Crippen LogP contribution in [0.3, 0.4) is 0 Å². The molecule has 7 nitrogen and oxygen atoms in total. The van der Waals surface area contributed by atoms with Gasteiger partial charge in [0.1, 0.15) is 5.82 Å². The van der Waals surface area contributed by atoms with Crippen molar-refractivity contribution in [3.05, 3.63) is 72.0 Å². The van der Waals surface area contributed by atoms with Crippen LogP contribution in [0.5, 0.6) is 11.5 Å². The van der Waals surface area contributed by atoms with Gasteiger partial charge in [0.2, 0.25) is 0 Å². The van der Waals surface area contributed by atoms with Crippen LogP contribution < -0.4 is 9.47 Å². The molecule has 0 atom stereocenters. The Balaban J connectivity index is 1.59. The fourth-order valence-corrected chi connectivity index (χ4v) is 2.66. The summed E-state index contributed by atoms with van der Waals surface area (Å²) in [4.78, 5) is 27.6. The average molecular weight is 425 g/mol. The summed E-state index contributed by atoms with van der Waals surface area (Å²) in [5.74, 6) is 0.139. The Labute approximate surface area is 178 Å². The van der Waals surface area contributed by atoms with Gasteiger partial charge in [0.05, 0.1) is 26.8 Å². The van der Waals surface area contributed by atoms with Crippen molar-refractivity contribution < 1.29 is 32.6 Å². The lowest BCUT2D eigenvalue weighted by atomic mass is 10.2. The van der Waals surface area contributed by atoms with E-state index in [0.29, 0.717) is 28.5 Å². The van der Waals surface area contributed by atoms with Crippen molar-refractivity contribution in [3.8, 4) is 22.8 Å². The number of carbonyl (C=O) groups is 2. The average Bonchev–Trinajstić information content (AvgIpc) is 3.26. The van der Waals surface area contributed by atoms with Crippen LogP contribution in [0.15, 0.2) is 59.2 Å². The molecule has 0 saturated heterocycles. The summed E-state index contributed by atoms with van der Waals surface area (Å²) in [6, 6.07) is 10.7. The zero-order valence-electron chi connectivity index (χ0n) is 17.0. The van der Waals surface area contributed by atoms with Crippen molar-refractivity contribution in [1.29, 1.82) is 0 Å². The van der Waals surface area contributed by atoms with Crippen LogP contribution in [0.25, 0.3) is 17.4 Å². The minimum atomic E-state index is -0.488. The molecule has 0 unspecified atom stereocenters. The second-order valence-electron chi connectivity index (χ2n) is 6.37. The Morgan fingerprint density at radius 2 is 1.87 bits per heavy atom. The Kier molecular flexibility index (Phi) is 7.16. The van der Waals surface area contributed by atoms with E-state index in [9.17, 15) is 14.0 Å². The number of halogens is 1. The van der Waals surface area contributed by atoms with Crippen LogP contribution in [0.4, 0.5) is 4.39 Å². The molecular formula is C23H20FNO6. The number of rotatable bonds is 8. The van der Waals surface area contributed by atoms with Gasteiger partial charge in [-0.05, 0) is 48.0 Å². The zero-order valence-corrected chi connectivity index (χ0v) is 17.0. The fraction of sp³-hybridized carbons (Fsp3) is 0.174. The van der Waals surface area contributed by atoms with Gasteiger partial charge in [0.15, 0.2) is 23.1 Å². The molecular weight excluding hydrogens is 405 g/mol. The standard InChI is InChI=1S/C23H20FNO6/c1-28-19-13-15(4-11-22(26)29-2)3-9-18(19)31-23(27)12-10-21-25-14-20(30-21)16-5-7-17(24)8-6-16/h3-9,11,13-14H,10,12H2,1-2H3. The smallest absolute Gasteiger partial charge is 0.330 e. The lowest BCUT2D eigenvalue weighted by molar-refractivity contribution is -0.135. The van der Waals surface area contributed by atoms with Gasteiger partial charge in [-0.2, -0.15) is 0 Å². The van der Waals surface area contributed by atoms with Crippen LogP contribution in [0, 0.1) is 5.82 Å². The highest BCUT2D eigenvalue weighted by Gasteiger charge is 2.13. The maximum absolute atomic E-state index is 13.0. The minimum Gasteiger partial charge on any atom is -0.493 e. The topological polar surface area (TPSA) is 87.9 Å². The van der Waals surface area contributed by atoms with Crippen molar-refractivity contribution in [3.63, 3.8) is 0 Å². The first-order valence-electron chi connectivity index (χ1n) is 9.34. The van der Waals surface area contributed by atoms with E-state index in [0.717, 1.165) is 0 Å². The van der Waals surface area contributed by atoms with E-state index in [4.69, 9.17) is 13.9 Å². The summed E-state index contributed by atoms with van der Waals surface area (Å²) in [7, 11) is 2.74. The van der Waals surface area contributed by atoms with Crippen LogP contribution in [0.2, 0.25) is 0 Å². The van der Waals surface area contributed by atoms with Gasteiger partial charge in [0.25, 0.3) is 0 Å². The lowest BCUT2D eigenvalue weighted by Crippen LogP contribution is -2.10. The van der Waals surface area contributed by atoms with E-state index >= 15 is 0 Å². The largest absolute Gasteiger partial charge is 0.493 e. The normalized spacial score (nSPS) is 10.8. The molecule has 0 saturated carbocycles. The molecule has 1 aromatic heterocycles. The summed E-state index contributed by atoms with van der Waals surface area (Å²) in [5.41, 5.74) is 1.36. The first kappa shape index (κ1) is 21.8. The molecule has 0 amide bonds. The number of aromatic nitrogens is 1. The third kappa shape index (κ3) is 6.02. The number of hydrogen-bond donors (Lipinski definition) is 0. The van der Waals surface area contributed by atoms with Crippen molar-refractivity contribution in [2.75, 3.05) is 14.2 Å². The number of hydrogen-bond acceptors (Lipinski definition) is 7. The molecule has 0 aliphatic rings. The number of methoxy groups -OCH3 is 2. The molecule has 0 aliphatic heterocycles. The highest BCUT2D eigenvalue weighted by atomic mass is 19.1. The zero-order chi connectivity index (χ0) is 22.2. The summed E-state index contributed by atoms with van der Waals surface area (Å²) in [6.45, 7) is 0. The maximum atomic E-state index is 13.0. The number of esters is 2. The first-order chi connectivity index (χ1) is 15.0. The molecule has 0 N–H and O–H groups in total. The summed E-state index contributed by atoms with van der Waals surface area (Å²) in [5, 5.41) is 0. The van der Waals surface area contributed by atoms with E-state index in [1.54, 1.807) is 36.4 Å². The lowest BCUT2D eigenvalue weighted by Gasteiger charge is -2.09. The maximum Gasteiger partial charge on any atom is 0.330 e. The number of oxazole rings is 1. The molecule has 1 heterocycles. The van der Waals surface area contributed by atoms with E-state index in [1.807, 2.05) is 0 Å². The van der Waals surface area contributed by atoms with Gasteiger partial charge in [-0.25, -0.2) is 14.2 Å². The highest BCUT2D eigenvalue weighted by Crippen LogP contribution is 2.29. The second-order valence-corrected chi connectivity index (χ2v) is 6.37. The molecule has 0 spiro atoms. The van der Waals surface area contributed by atoms with Gasteiger partial charge in [-0.15, -0.1) is 0 Å². The van der Waals surface area contributed by atoms with Crippen molar-refractivity contribution in [2.45, 2.75) is 12.8 Å². The molecule has 0 bridgehead atoms. The molecule has 160 valence electrons. The van der Waals surface area contributed by atoms with E-state index < -0.39 is 11.9 Å². The van der Waals surface area contributed by atoms with Crippen LogP contribution in [0.1, 0.15) is 17.9 Å². The molecule has 8 heteroatoms. The summed E-state index contributed by atoms with van der Waals surface area (Å²) in [6.07, 6.45) is 4.63. The number of nitrogens with zero attached hydrogens (tertiary/aromatic N) is 1. The van der Waals surface area contributed by atoms with Crippen LogP contribution >= 0.6 is 0 Å². The van der Waals surface area contributed by atoms with Gasteiger partial charge in [-0.3, -0.25) is 4.79 Å². The Bertz CT molecular complexity index is 1090. The molecule has 2 aromatic carbocycles. The van der Waals surface area contributed by atoms with E-state index in [2.05, 4.69) is 9.72 Å². The van der Waals surface area contributed by atoms with Crippen molar-refractivity contribution >= 4 is 18.0 Å². The van der Waals surface area contributed by atoms with E-state index in [1.165, 1.54) is 38.6 Å². The molecule has 0 fully saturated rings. The Morgan fingerprint density at radius 3 is 2.58 bits per heavy atom. The Hall–Kier alpha value is -3.94. The molecule has 0 aliphatic carbocycles. The number of ether oxygens (including phenoxy) is 3. The third-order valence-corrected chi connectivity index (χ3v) is 4.25. The first-order valence-corrected chi connectivity index (χ1v) is 9.34. The Morgan fingerprint density at radius 1 is 1.10 bits per heavy atom. The minimum absolute atomic E-state index is 0.0382. The fourth-order valence-electron chi connectivity index (χ4n) is 2.66. The van der Waals surface area contributed by atoms with Gasteiger partial charge >= 0.3 is 11.9 Å². The highest BCUT2D eigenvalue weighted by molar-refractivity contribution is 5.87. The van der Waals surface area contributed by atoms with Gasteiger partial charge < -0.3 is 18.6 Å². The number of benzene rings is 2. The third-order valence-electron chi connectivity index (χ3n) is 4.25. The van der Waals surface area contributed by atoms with Crippen molar-refractivity contribution in [1.82, 2.24) is 4.98 Å². The second kappa shape index (κ2) is 10.2.